The molecule has 0 bridgehead atoms. The first-order valence-electron chi connectivity index (χ1n) is 12.2. The summed E-state index contributed by atoms with van der Waals surface area (Å²) in [6, 6.07) is 14.4. The van der Waals surface area contributed by atoms with Crippen LogP contribution in [-0.2, 0) is 16.0 Å². The number of thioether (sulfide) groups is 1. The Balaban J connectivity index is 1.48. The van der Waals surface area contributed by atoms with Gasteiger partial charge in [0.25, 0.3) is 17.5 Å². The third-order valence-electron chi connectivity index (χ3n) is 5.27. The molecule has 2 aromatic carbocycles. The predicted molar refractivity (Wildman–Crippen MR) is 155 cm³/mol. The molecular weight excluding hydrogens is 586 g/mol. The van der Waals surface area contributed by atoms with Crippen molar-refractivity contribution in [3.63, 3.8) is 0 Å². The number of non-ortho nitro benzene ring substituents is 1. The summed E-state index contributed by atoms with van der Waals surface area (Å²) in [4.78, 5) is 51.2. The van der Waals surface area contributed by atoms with E-state index in [-0.39, 0.29) is 47.4 Å². The number of hydrazone groups is 1. The molecule has 15 nitrogen and oxygen atoms in total. The fraction of sp³-hybridized carbons (Fsp3) is 0.160. The van der Waals surface area contributed by atoms with Gasteiger partial charge >= 0.3 is 5.97 Å². The second-order valence-electron chi connectivity index (χ2n) is 8.37. The standard InChI is InChI=1S/C25H23N9O6S2/c35-21(30-27-13-16-5-2-1-3-6-16)15-42-25-31-29-20(12-18-14-41-24(28-18)26-10-9-22(36)37)33(25)32-23(38)17-7-4-8-19(11-17)34(39)40/h1-8,11,13-14H,9-10,12,15H2,(H,26,28)(H,30,35)(H,32,38)(H,36,37)/b27-13-. The van der Waals surface area contributed by atoms with Crippen molar-refractivity contribution in [2.75, 3.05) is 23.0 Å². The highest BCUT2D eigenvalue weighted by molar-refractivity contribution is 7.99. The molecule has 4 N–H and O–H groups in total. The molecule has 0 saturated heterocycles. The topological polar surface area (TPSA) is 207 Å². The maximum atomic E-state index is 13.0. The Morgan fingerprint density at radius 1 is 1.14 bits per heavy atom. The second kappa shape index (κ2) is 14.5. The van der Waals surface area contributed by atoms with Gasteiger partial charge in [-0.25, -0.2) is 15.1 Å². The highest BCUT2D eigenvalue weighted by Gasteiger charge is 2.20. The smallest absolute Gasteiger partial charge is 0.305 e. The zero-order valence-electron chi connectivity index (χ0n) is 21.7. The van der Waals surface area contributed by atoms with Crippen LogP contribution in [0, 0.1) is 10.1 Å². The van der Waals surface area contributed by atoms with Crippen molar-refractivity contribution in [3.8, 4) is 0 Å². The quantitative estimate of drug-likeness (QED) is 0.0707. The van der Waals surface area contributed by atoms with E-state index in [0.717, 1.165) is 23.4 Å². The first-order valence-corrected chi connectivity index (χ1v) is 14.0. The SMILES string of the molecule is O=C(O)CCNc1nc(Cc2nnc(SCC(=O)N/N=C\c3ccccc3)n2NC(=O)c2cccc([N+](=O)[O-])c2)cs1. The molecule has 0 spiro atoms. The lowest BCUT2D eigenvalue weighted by Gasteiger charge is -2.11. The molecule has 0 aliphatic rings. The lowest BCUT2D eigenvalue weighted by Crippen LogP contribution is -2.26. The molecule has 42 heavy (non-hydrogen) atoms. The summed E-state index contributed by atoms with van der Waals surface area (Å²) >= 11 is 2.26. The third-order valence-corrected chi connectivity index (χ3v) is 7.05. The number of anilines is 1. The summed E-state index contributed by atoms with van der Waals surface area (Å²) in [6.45, 7) is 0.204. The number of thiazole rings is 1. The largest absolute Gasteiger partial charge is 0.481 e. The second-order valence-corrected chi connectivity index (χ2v) is 10.2. The summed E-state index contributed by atoms with van der Waals surface area (Å²) in [5, 5.41) is 37.5. The van der Waals surface area contributed by atoms with Crippen molar-refractivity contribution in [3.05, 3.63) is 92.7 Å². The molecule has 0 aliphatic heterocycles. The van der Waals surface area contributed by atoms with E-state index in [1.165, 1.54) is 40.4 Å². The number of aromatic nitrogens is 4. The van der Waals surface area contributed by atoms with Crippen molar-refractivity contribution < 1.29 is 24.4 Å². The minimum atomic E-state index is -0.937. The van der Waals surface area contributed by atoms with E-state index in [4.69, 9.17) is 5.11 Å². The Bertz CT molecular complexity index is 1610. The number of aliphatic carboxylic acids is 1. The van der Waals surface area contributed by atoms with Gasteiger partial charge in [0.2, 0.25) is 5.16 Å². The molecule has 17 heteroatoms. The molecule has 2 aromatic heterocycles. The summed E-state index contributed by atoms with van der Waals surface area (Å²) in [7, 11) is 0. The maximum absolute atomic E-state index is 13.0. The van der Waals surface area contributed by atoms with E-state index in [9.17, 15) is 24.5 Å². The van der Waals surface area contributed by atoms with Crippen molar-refractivity contribution in [2.24, 2.45) is 5.10 Å². The number of carbonyl (C=O) groups excluding carboxylic acids is 2. The first-order chi connectivity index (χ1) is 20.3. The van der Waals surface area contributed by atoms with Crippen LogP contribution in [0.2, 0.25) is 0 Å². The van der Waals surface area contributed by atoms with Crippen LogP contribution in [0.5, 0.6) is 0 Å². The van der Waals surface area contributed by atoms with Crippen molar-refractivity contribution in [2.45, 2.75) is 18.0 Å². The minimum absolute atomic E-state index is 0.0337. The number of benzene rings is 2. The molecule has 0 fully saturated rings. The van der Waals surface area contributed by atoms with E-state index in [2.05, 4.69) is 36.5 Å². The van der Waals surface area contributed by atoms with Gasteiger partial charge in [0, 0.05) is 29.6 Å². The predicted octanol–water partition coefficient (Wildman–Crippen LogP) is 2.75. The zero-order valence-corrected chi connectivity index (χ0v) is 23.3. The molecule has 4 aromatic rings. The Morgan fingerprint density at radius 2 is 1.95 bits per heavy atom. The van der Waals surface area contributed by atoms with Gasteiger partial charge in [0.15, 0.2) is 11.0 Å². The summed E-state index contributed by atoms with van der Waals surface area (Å²) in [5.74, 6) is -1.85. The number of nitro groups is 1. The van der Waals surface area contributed by atoms with Gasteiger partial charge in [-0.1, -0.05) is 48.2 Å². The number of carbonyl (C=O) groups is 3. The molecule has 2 amide bonds. The number of amides is 2. The van der Waals surface area contributed by atoms with Crippen LogP contribution in [0.1, 0.15) is 33.9 Å². The molecule has 0 aliphatic carbocycles. The van der Waals surface area contributed by atoms with Gasteiger partial charge in [-0.05, 0) is 11.6 Å². The van der Waals surface area contributed by atoms with E-state index in [1.54, 1.807) is 5.38 Å². The third kappa shape index (κ3) is 8.67. The Kier molecular flexibility index (Phi) is 10.3. The van der Waals surface area contributed by atoms with Crippen molar-refractivity contribution >= 4 is 57.9 Å². The molecule has 0 atom stereocenters. The number of carboxylic acid groups (broad SMARTS) is 1. The van der Waals surface area contributed by atoms with E-state index < -0.39 is 22.7 Å². The number of nitro benzene ring substituents is 1. The molecule has 0 unspecified atom stereocenters. The van der Waals surface area contributed by atoms with Crippen LogP contribution in [0.25, 0.3) is 0 Å². The van der Waals surface area contributed by atoms with Crippen LogP contribution in [0.3, 0.4) is 0 Å². The van der Waals surface area contributed by atoms with Gasteiger partial charge < -0.3 is 10.4 Å². The number of rotatable bonds is 14. The van der Waals surface area contributed by atoms with Crippen LogP contribution in [0.4, 0.5) is 10.8 Å². The van der Waals surface area contributed by atoms with Crippen molar-refractivity contribution in [1.29, 1.82) is 0 Å². The maximum Gasteiger partial charge on any atom is 0.305 e. The lowest BCUT2D eigenvalue weighted by molar-refractivity contribution is -0.384. The Hall–Kier alpha value is -5.16. The Morgan fingerprint density at radius 3 is 2.71 bits per heavy atom. The number of nitrogens with one attached hydrogen (secondary N) is 3. The van der Waals surface area contributed by atoms with E-state index in [1.807, 2.05) is 30.3 Å². The highest BCUT2D eigenvalue weighted by atomic mass is 32.2. The number of carboxylic acids is 1. The average Bonchev–Trinajstić information content (AvgIpc) is 3.58. The van der Waals surface area contributed by atoms with Crippen LogP contribution in [0.15, 0.2) is 70.2 Å². The Labute approximate surface area is 246 Å². The zero-order chi connectivity index (χ0) is 29.9. The molecule has 216 valence electrons. The first kappa shape index (κ1) is 29.8. The van der Waals surface area contributed by atoms with Crippen LogP contribution >= 0.6 is 23.1 Å². The summed E-state index contributed by atoms with van der Waals surface area (Å²) in [5.41, 5.74) is 6.23. The molecule has 4 rings (SSSR count). The summed E-state index contributed by atoms with van der Waals surface area (Å²) in [6.07, 6.45) is 1.56. The molecule has 0 radical (unpaired) electrons. The number of hydrogen-bond donors (Lipinski definition) is 4. The fourth-order valence-corrected chi connectivity index (χ4v) is 4.78. The van der Waals surface area contributed by atoms with Gasteiger partial charge in [-0.15, -0.1) is 21.5 Å². The van der Waals surface area contributed by atoms with E-state index in [0.29, 0.717) is 10.8 Å². The highest BCUT2D eigenvalue weighted by Crippen LogP contribution is 2.21. The van der Waals surface area contributed by atoms with Gasteiger partial charge in [-0.2, -0.15) is 5.10 Å². The minimum Gasteiger partial charge on any atom is -0.481 e. The van der Waals surface area contributed by atoms with Crippen LogP contribution < -0.4 is 16.2 Å². The number of nitrogens with zero attached hydrogens (tertiary/aromatic N) is 6. The van der Waals surface area contributed by atoms with Crippen LogP contribution in [-0.4, -0.2) is 66.2 Å². The average molecular weight is 610 g/mol. The van der Waals surface area contributed by atoms with E-state index >= 15 is 0 Å². The monoisotopic (exact) mass is 609 g/mol. The number of hydrogen-bond acceptors (Lipinski definition) is 12. The molecule has 0 saturated carbocycles. The molecule has 2 heterocycles. The van der Waals surface area contributed by atoms with Gasteiger partial charge in [0.1, 0.15) is 0 Å². The summed E-state index contributed by atoms with van der Waals surface area (Å²) < 4.78 is 1.29. The normalized spacial score (nSPS) is 10.9. The fourth-order valence-electron chi connectivity index (χ4n) is 3.34. The lowest BCUT2D eigenvalue weighted by atomic mass is 10.2. The molecular formula is C25H23N9O6S2. The van der Waals surface area contributed by atoms with Gasteiger partial charge in [-0.3, -0.25) is 29.9 Å². The van der Waals surface area contributed by atoms with Gasteiger partial charge in [0.05, 0.1) is 35.4 Å². The van der Waals surface area contributed by atoms with Crippen molar-refractivity contribution in [1.82, 2.24) is 25.3 Å².